The van der Waals surface area contributed by atoms with Crippen molar-refractivity contribution < 1.29 is 0 Å². The number of nitrogens with one attached hydrogen (secondary N) is 1. The second-order valence-corrected chi connectivity index (χ2v) is 2.83. The van der Waals surface area contributed by atoms with Crippen LogP contribution < -0.4 is 5.32 Å². The number of rotatable bonds is 1. The van der Waals surface area contributed by atoms with Crippen LogP contribution in [0, 0.1) is 6.92 Å². The van der Waals surface area contributed by atoms with Gasteiger partial charge in [0.05, 0.1) is 11.9 Å². The molecule has 0 aliphatic heterocycles. The van der Waals surface area contributed by atoms with Gasteiger partial charge in [-0.1, -0.05) is 0 Å². The summed E-state index contributed by atoms with van der Waals surface area (Å²) in [6.07, 6.45) is 1.79. The second kappa shape index (κ2) is 3.01. The third-order valence-electron chi connectivity index (χ3n) is 1.30. The van der Waals surface area contributed by atoms with E-state index in [1.54, 1.807) is 6.20 Å². The van der Waals surface area contributed by atoms with Gasteiger partial charge < -0.3 is 5.32 Å². The van der Waals surface area contributed by atoms with Crippen LogP contribution in [0.1, 0.15) is 5.56 Å². The van der Waals surface area contributed by atoms with E-state index in [-0.39, 0.29) is 0 Å². The van der Waals surface area contributed by atoms with E-state index < -0.39 is 0 Å². The molecule has 0 bridgehead atoms. The van der Waals surface area contributed by atoms with Crippen LogP contribution >= 0.6 is 15.9 Å². The van der Waals surface area contributed by atoms with Crippen molar-refractivity contribution in [3.05, 3.63) is 22.4 Å². The molecule has 0 fully saturated rings. The quantitative estimate of drug-likeness (QED) is 0.704. The van der Waals surface area contributed by atoms with E-state index in [0.717, 1.165) is 15.9 Å². The summed E-state index contributed by atoms with van der Waals surface area (Å²) in [6.45, 7) is 2.01. The average Bonchev–Trinajstić information content (AvgIpc) is 1.95. The maximum atomic E-state index is 4.10. The van der Waals surface area contributed by atoms with Gasteiger partial charge in [-0.25, -0.2) is 4.98 Å². The van der Waals surface area contributed by atoms with Crippen LogP contribution in [-0.4, -0.2) is 12.0 Å². The number of hydrogen-bond acceptors (Lipinski definition) is 2. The minimum atomic E-state index is 0.909. The van der Waals surface area contributed by atoms with E-state index in [9.17, 15) is 0 Å². The van der Waals surface area contributed by atoms with Gasteiger partial charge >= 0.3 is 0 Å². The highest BCUT2D eigenvalue weighted by atomic mass is 79.9. The fourth-order valence-electron chi connectivity index (χ4n) is 0.695. The maximum Gasteiger partial charge on any atom is 0.109 e. The fourth-order valence-corrected chi connectivity index (χ4v) is 0.912. The molecule has 10 heavy (non-hydrogen) atoms. The predicted octanol–water partition coefficient (Wildman–Crippen LogP) is 2.19. The monoisotopic (exact) mass is 200 g/mol. The van der Waals surface area contributed by atoms with Crippen molar-refractivity contribution in [3.8, 4) is 0 Å². The highest BCUT2D eigenvalue weighted by Gasteiger charge is 1.94. The van der Waals surface area contributed by atoms with Crippen LogP contribution in [0.3, 0.4) is 0 Å². The van der Waals surface area contributed by atoms with E-state index in [2.05, 4.69) is 26.2 Å². The Morgan fingerprint density at radius 3 is 2.80 bits per heavy atom. The first-order chi connectivity index (χ1) is 4.74. The molecule has 3 heteroatoms. The Balaban J connectivity index is 3.04. The molecule has 1 rings (SSSR count). The summed E-state index contributed by atoms with van der Waals surface area (Å²) in [5, 5.41) is 3.01. The normalized spacial score (nSPS) is 9.50. The summed E-state index contributed by atoms with van der Waals surface area (Å²) in [4.78, 5) is 4.10. The zero-order valence-corrected chi connectivity index (χ0v) is 7.57. The number of pyridine rings is 1. The molecule has 1 heterocycles. The fraction of sp³-hybridized carbons (Fsp3) is 0.286. The molecular weight excluding hydrogens is 192 g/mol. The highest BCUT2D eigenvalue weighted by Crippen LogP contribution is 2.15. The zero-order chi connectivity index (χ0) is 7.56. The third kappa shape index (κ3) is 1.48. The molecule has 0 radical (unpaired) electrons. The van der Waals surface area contributed by atoms with Gasteiger partial charge in [0, 0.05) is 7.05 Å². The Hall–Kier alpha value is -0.570. The van der Waals surface area contributed by atoms with E-state index in [0.29, 0.717) is 0 Å². The minimum Gasteiger partial charge on any atom is -0.387 e. The van der Waals surface area contributed by atoms with Crippen LogP contribution in [0.2, 0.25) is 0 Å². The van der Waals surface area contributed by atoms with Gasteiger partial charge in [-0.2, -0.15) is 0 Å². The van der Waals surface area contributed by atoms with E-state index in [4.69, 9.17) is 0 Å². The summed E-state index contributed by atoms with van der Waals surface area (Å²) < 4.78 is 0.909. The molecule has 0 spiro atoms. The molecule has 2 nitrogen and oxygen atoms in total. The van der Waals surface area contributed by atoms with Gasteiger partial charge in [-0.15, -0.1) is 0 Å². The largest absolute Gasteiger partial charge is 0.387 e. The topological polar surface area (TPSA) is 24.9 Å². The van der Waals surface area contributed by atoms with Crippen LogP contribution in [0.25, 0.3) is 0 Å². The summed E-state index contributed by atoms with van der Waals surface area (Å²) in [6, 6.07) is 2.04. The molecule has 0 saturated carbocycles. The van der Waals surface area contributed by atoms with Gasteiger partial charge in [0.15, 0.2) is 0 Å². The van der Waals surface area contributed by atoms with Gasteiger partial charge in [0.1, 0.15) is 4.60 Å². The van der Waals surface area contributed by atoms with Crippen molar-refractivity contribution in [2.24, 2.45) is 0 Å². The van der Waals surface area contributed by atoms with Crippen molar-refractivity contribution in [2.45, 2.75) is 6.92 Å². The molecule has 1 aromatic rings. The summed E-state index contributed by atoms with van der Waals surface area (Å²) >= 11 is 3.32. The van der Waals surface area contributed by atoms with Crippen LogP contribution in [0.15, 0.2) is 16.9 Å². The van der Waals surface area contributed by atoms with Crippen molar-refractivity contribution in [3.63, 3.8) is 0 Å². The van der Waals surface area contributed by atoms with Crippen molar-refractivity contribution in [1.82, 2.24) is 4.98 Å². The lowest BCUT2D eigenvalue weighted by atomic mass is 10.3. The molecule has 0 aliphatic rings. The Labute approximate surface area is 68.8 Å². The Kier molecular flexibility index (Phi) is 2.27. The van der Waals surface area contributed by atoms with E-state index >= 15 is 0 Å². The first-order valence-corrected chi connectivity index (χ1v) is 3.83. The lowest BCUT2D eigenvalue weighted by Crippen LogP contribution is -1.90. The molecule has 1 aromatic heterocycles. The number of halogens is 1. The van der Waals surface area contributed by atoms with Crippen LogP contribution in [0.4, 0.5) is 5.69 Å². The molecular formula is C7H9BrN2. The van der Waals surface area contributed by atoms with Gasteiger partial charge in [0.2, 0.25) is 0 Å². The summed E-state index contributed by atoms with van der Waals surface area (Å²) in [5.74, 6) is 0. The van der Waals surface area contributed by atoms with Crippen molar-refractivity contribution >= 4 is 21.6 Å². The van der Waals surface area contributed by atoms with Gasteiger partial charge in [0.25, 0.3) is 0 Å². The van der Waals surface area contributed by atoms with Gasteiger partial charge in [-0.05, 0) is 34.5 Å². The Bertz CT molecular complexity index is 235. The van der Waals surface area contributed by atoms with Gasteiger partial charge in [-0.3, -0.25) is 0 Å². The SMILES string of the molecule is CNc1cnc(Br)c(C)c1. The smallest absolute Gasteiger partial charge is 0.109 e. The number of hydrogen-bond donors (Lipinski definition) is 1. The lowest BCUT2D eigenvalue weighted by Gasteiger charge is -2.00. The van der Waals surface area contributed by atoms with Crippen LogP contribution in [-0.2, 0) is 0 Å². The van der Waals surface area contributed by atoms with Crippen molar-refractivity contribution in [1.29, 1.82) is 0 Å². The minimum absolute atomic E-state index is 0.909. The van der Waals surface area contributed by atoms with E-state index in [1.165, 1.54) is 0 Å². The average molecular weight is 201 g/mol. The molecule has 0 atom stereocenters. The summed E-state index contributed by atoms with van der Waals surface area (Å²) in [5.41, 5.74) is 2.19. The second-order valence-electron chi connectivity index (χ2n) is 2.08. The highest BCUT2D eigenvalue weighted by molar-refractivity contribution is 9.10. The van der Waals surface area contributed by atoms with Crippen molar-refractivity contribution in [2.75, 3.05) is 12.4 Å². The first kappa shape index (κ1) is 7.54. The molecule has 1 N–H and O–H groups in total. The summed E-state index contributed by atoms with van der Waals surface area (Å²) in [7, 11) is 1.88. The third-order valence-corrected chi connectivity index (χ3v) is 2.13. The predicted molar refractivity (Wildman–Crippen MR) is 46.2 cm³/mol. The molecule has 0 unspecified atom stereocenters. The number of anilines is 1. The maximum absolute atomic E-state index is 4.10. The number of nitrogens with zero attached hydrogens (tertiary/aromatic N) is 1. The lowest BCUT2D eigenvalue weighted by molar-refractivity contribution is 1.21. The van der Waals surface area contributed by atoms with E-state index in [1.807, 2.05) is 20.0 Å². The molecule has 54 valence electrons. The molecule has 0 saturated heterocycles. The Morgan fingerprint density at radius 2 is 2.30 bits per heavy atom. The zero-order valence-electron chi connectivity index (χ0n) is 5.98. The molecule has 0 amide bonds. The number of aryl methyl sites for hydroxylation is 1. The number of aromatic nitrogens is 1. The molecule has 0 aliphatic carbocycles. The molecule has 0 aromatic carbocycles. The Morgan fingerprint density at radius 1 is 1.60 bits per heavy atom. The first-order valence-electron chi connectivity index (χ1n) is 3.04. The van der Waals surface area contributed by atoms with Crippen LogP contribution in [0.5, 0.6) is 0 Å². The standard InChI is InChI=1S/C7H9BrN2/c1-5-3-6(9-2)4-10-7(5)8/h3-4,9H,1-2H3.